The second kappa shape index (κ2) is 84.5. The van der Waals surface area contributed by atoms with Gasteiger partial charge in [-0.25, -0.2) is 45.4 Å². The molecule has 778 valence electrons. The maximum absolute atomic E-state index is 12.9. The number of methoxy groups -OCH3 is 1. The number of terminal acetylenes is 1. The number of aromatic carboxylic acids is 1. The summed E-state index contributed by atoms with van der Waals surface area (Å²) < 4.78 is 174. The molecule has 0 aliphatic carbocycles. The molecule has 51 heteroatoms. The Labute approximate surface area is 860 Å². The number of benzene rings is 9. The van der Waals surface area contributed by atoms with Crippen LogP contribution in [0.4, 0.5) is 87.3 Å². The standard InChI is InChI=1S/C16H12F3N3O.2C9H6F3NS.C8H8F3N.C8H8O2.2C7H8N2O.C7H6O2.C5H4Cl2N2S.C5H6ClN3S.C2H2.6CH4O.2CH4.Cl2OS/c1-10-7-8-12(9-13(10)16(17,18)19)20-15-22-21-14(23-15)11-5-3-2-4-6-11;2*1-6-2-3-7(13-5-14)4-8(6)9(10,11)12;1-5-2-3-6(12)4-7(5)8(9,10)11;1-10-8(9)7-5-3-2-4-6-7;2*8-9-7(10)6-4-2-1-3-5-6;8-7(9)6-4-2-1-3-5-6;2*1-10-5-8-3(6)2-4(7)9-5;7*1-2;;;1-4(2)3/h2-9H,1H3,(H,20,22);2*2-4H,1H3;2-4H,12H2,1H3;2-6H,1H3;2*1-5H,8H2,(H,9,10);1-5H,(H,8,9);2H,1H3;2H,1H3,(H2,7,8,9);1-2H;6*2H,1H3;2*1H4;/i;;;;;;;;;;1D;;;;;;;;;. The number of aryl methyl sites for hydroxylation is 4. The van der Waals surface area contributed by atoms with Crippen molar-refractivity contribution in [1.82, 2.24) is 41.0 Å². The Morgan fingerprint density at radius 2 is 0.768 bits per heavy atom. The number of hydrazine groups is 2. The second-order valence-electron chi connectivity index (χ2n) is 23.4. The van der Waals surface area contributed by atoms with Crippen LogP contribution in [0, 0.1) is 40.5 Å². The van der Waals surface area contributed by atoms with Crippen LogP contribution in [-0.4, -0.2) is 166 Å². The first kappa shape index (κ1) is 143. The van der Waals surface area contributed by atoms with E-state index in [0.717, 1.165) is 72.5 Å². The van der Waals surface area contributed by atoms with Crippen molar-refractivity contribution in [3.63, 3.8) is 0 Å². The summed E-state index contributed by atoms with van der Waals surface area (Å²) in [6, 6.07) is 62.1. The Morgan fingerprint density at radius 1 is 0.472 bits per heavy atom. The number of aliphatic hydroxyl groups excluding tert-OH is 6. The van der Waals surface area contributed by atoms with E-state index in [9.17, 15) is 71.9 Å². The van der Waals surface area contributed by atoms with E-state index in [0.29, 0.717) is 53.8 Å². The fourth-order valence-corrected chi connectivity index (χ4v) is 10.4. The minimum atomic E-state index is -4.41. The minimum Gasteiger partial charge on any atom is -0.478 e. The van der Waals surface area contributed by atoms with Gasteiger partial charge in [0, 0.05) is 104 Å². The number of carbonyl (C=O) groups is 4. The molecular formula is C91H106Cl5F12N15O14S5. The zero-order valence-electron chi connectivity index (χ0n) is 76.9. The normalized spacial score (nSPS) is 9.38. The van der Waals surface area contributed by atoms with Gasteiger partial charge >= 0.3 is 42.7 Å². The van der Waals surface area contributed by atoms with E-state index >= 15 is 0 Å². The number of aliphatic imine (C=N–C) groups is 2. The monoisotopic (exact) mass is 2200 g/mol. The van der Waals surface area contributed by atoms with Crippen LogP contribution in [0.15, 0.2) is 261 Å². The zero-order chi connectivity index (χ0) is 110. The van der Waals surface area contributed by atoms with Crippen molar-refractivity contribution in [3.05, 3.63) is 319 Å². The number of carboxylic acids is 1. The predicted molar refractivity (Wildman–Crippen MR) is 548 cm³/mol. The number of nitrogens with two attached hydrogens (primary N) is 4. The van der Waals surface area contributed by atoms with Gasteiger partial charge in [-0.1, -0.05) is 194 Å². The van der Waals surface area contributed by atoms with E-state index < -0.39 is 62.2 Å². The van der Waals surface area contributed by atoms with Crippen LogP contribution in [0.25, 0.3) is 11.5 Å². The van der Waals surface area contributed by atoms with Gasteiger partial charge in [0.15, 0.2) is 10.3 Å². The molecule has 9 aromatic carbocycles. The number of nitrogen functional groups attached to an aromatic ring is 4. The number of carbonyl (C=O) groups excluding carboxylic acids is 3. The van der Waals surface area contributed by atoms with Gasteiger partial charge in [0.1, 0.15) is 22.6 Å². The molecule has 0 spiro atoms. The van der Waals surface area contributed by atoms with Crippen LogP contribution < -0.4 is 39.3 Å². The topological polar surface area (TPSA) is 492 Å². The number of ether oxygens (including phenoxy) is 1. The lowest BCUT2D eigenvalue weighted by molar-refractivity contribution is -0.138. The number of amides is 2. The first-order valence-corrected chi connectivity index (χ1v) is 44.6. The molecule has 0 radical (unpaired) electrons. The molecule has 29 nitrogen and oxygen atoms in total. The van der Waals surface area contributed by atoms with Gasteiger partial charge in [-0.15, -0.1) is 17.9 Å². The van der Waals surface area contributed by atoms with Crippen LogP contribution in [0.3, 0.4) is 0 Å². The largest absolute Gasteiger partial charge is 0.478 e. The summed E-state index contributed by atoms with van der Waals surface area (Å²) >= 11 is 28.2. The number of thiocarbonyl (C=S) groups is 2. The SMILES string of the molecule is C.C.CO.CO.CO.CO.CO.CO.COC(=O)c1ccccc1.CSc1nc(Cl)cc(Cl)n1.CSc1nc(N)cc(Cl)n1.Cc1ccc(N)cc1C(F)(F)F.Cc1ccc(N=C=S)cc1C(F)(F)F.Cc1ccc(N=C=S)cc1C(F)(F)F.Cc1ccc(Nc2nnc(-c3ccccc3)o2)cc1C(F)(F)F.NNC(=O)c1ccccc1.NNC(=O)c1ccccc1.O=C(O)c1ccccc1.O=S(Cl)Cl.[2H]C#C. The number of isothiocyanates is 2. The number of hydrogen-bond acceptors (Lipinski definition) is 30. The van der Waals surface area contributed by atoms with Crippen LogP contribution in [0.2, 0.25) is 15.5 Å². The summed E-state index contributed by atoms with van der Waals surface area (Å²) in [5.41, 5.74) is 16.1. The number of alkyl halides is 12. The number of rotatable bonds is 11. The molecule has 12 aromatic rings. The Balaban J connectivity index is -0.000000234. The summed E-state index contributed by atoms with van der Waals surface area (Å²) in [6.45, 7) is 5.61. The van der Waals surface area contributed by atoms with Crippen molar-refractivity contribution < 1.29 is 122 Å². The van der Waals surface area contributed by atoms with Crippen LogP contribution in [-0.2, 0) is 38.7 Å². The van der Waals surface area contributed by atoms with Gasteiger partial charge in [-0.05, 0) is 196 Å². The quantitative estimate of drug-likeness (QED) is 0.00456. The van der Waals surface area contributed by atoms with Crippen LogP contribution >= 0.6 is 104 Å². The van der Waals surface area contributed by atoms with Gasteiger partial charge in [0.25, 0.3) is 11.8 Å². The van der Waals surface area contributed by atoms with Gasteiger partial charge < -0.3 is 61.7 Å². The zero-order valence-corrected chi connectivity index (χ0v) is 83.8. The molecular weight excluding hydrogens is 2090 g/mol. The summed E-state index contributed by atoms with van der Waals surface area (Å²) in [6.07, 6.45) is -7.92. The van der Waals surface area contributed by atoms with Gasteiger partial charge in [0.05, 0.1) is 62.2 Å². The second-order valence-corrected chi connectivity index (χ2v) is 29.0. The van der Waals surface area contributed by atoms with E-state index in [1.54, 1.807) is 115 Å². The average molecular weight is 2200 g/mol. The van der Waals surface area contributed by atoms with Crippen molar-refractivity contribution in [3.8, 4) is 24.3 Å². The Bertz CT molecular complexity index is 5390. The summed E-state index contributed by atoms with van der Waals surface area (Å²) in [4.78, 5) is 65.1. The Hall–Kier alpha value is -12.1. The molecule has 3 heterocycles. The number of hydrogen-bond donors (Lipinski definition) is 14. The van der Waals surface area contributed by atoms with E-state index in [4.69, 9.17) is 104 Å². The number of aromatic nitrogens is 6. The summed E-state index contributed by atoms with van der Waals surface area (Å²) in [5.74, 6) is 8.81. The van der Waals surface area contributed by atoms with Crippen molar-refractivity contribution >= 4 is 182 Å². The van der Waals surface area contributed by atoms with Gasteiger partial charge in [-0.2, -0.15) is 62.7 Å². The van der Waals surface area contributed by atoms with Crippen molar-refractivity contribution in [2.75, 3.05) is 79.1 Å². The average Bonchev–Trinajstić information content (AvgIpc) is 1.72. The Kier molecular flexibility index (Phi) is 85.0. The number of aliphatic hydroxyl groups is 6. The maximum atomic E-state index is 12.9. The van der Waals surface area contributed by atoms with E-state index in [1.165, 1.54) is 125 Å². The number of esters is 1. The van der Waals surface area contributed by atoms with Crippen LogP contribution in [0.1, 0.15) is 102 Å². The molecule has 0 unspecified atom stereocenters. The number of nitrogens with zero attached hydrogens (tertiary/aromatic N) is 8. The molecule has 0 saturated carbocycles. The highest BCUT2D eigenvalue weighted by atomic mass is 36.0. The lowest BCUT2D eigenvalue weighted by Crippen LogP contribution is -2.29. The molecule has 0 saturated heterocycles. The van der Waals surface area contributed by atoms with Gasteiger partial charge in [0.2, 0.25) is 15.1 Å². The van der Waals surface area contributed by atoms with Crippen molar-refractivity contribution in [2.45, 2.75) is 77.6 Å². The highest BCUT2D eigenvalue weighted by molar-refractivity contribution is 8.26. The van der Waals surface area contributed by atoms with Crippen molar-refractivity contribution in [1.29, 1.82) is 0 Å². The third kappa shape index (κ3) is 65.8. The maximum Gasteiger partial charge on any atom is 0.416 e. The molecule has 12 rings (SSSR count). The minimum absolute atomic E-state index is 0. The highest BCUT2D eigenvalue weighted by Gasteiger charge is 2.35. The first-order chi connectivity index (χ1) is 66.7. The highest BCUT2D eigenvalue weighted by Crippen LogP contribution is 2.38. The predicted octanol–water partition coefficient (Wildman–Crippen LogP) is 22.5. The lowest BCUT2D eigenvalue weighted by Gasteiger charge is -2.11. The third-order valence-corrected chi connectivity index (χ3v) is 16.3. The fourth-order valence-electron chi connectivity index (χ4n) is 8.71. The lowest BCUT2D eigenvalue weighted by atomic mass is 10.1. The summed E-state index contributed by atoms with van der Waals surface area (Å²) in [5, 5.41) is 67.1. The Morgan fingerprint density at radius 3 is 1.06 bits per heavy atom. The molecule has 2 amide bonds. The van der Waals surface area contributed by atoms with Crippen molar-refractivity contribution in [2.24, 2.45) is 21.7 Å². The first-order valence-electron chi connectivity index (χ1n) is 37.9. The smallest absolute Gasteiger partial charge is 0.416 e. The number of thioether (sulfide) groups is 2. The van der Waals surface area contributed by atoms with Crippen LogP contribution in [0.5, 0.6) is 0 Å². The molecule has 0 fully saturated rings. The number of carboxylic acid groups (broad SMARTS) is 1. The molecule has 0 aliphatic heterocycles. The van der Waals surface area contributed by atoms with E-state index in [-0.39, 0.29) is 89.5 Å². The molecule has 0 bridgehead atoms. The molecule has 0 aliphatic rings. The van der Waals surface area contributed by atoms with Gasteiger partial charge in [-0.3, -0.25) is 20.4 Å². The molecule has 0 atom stereocenters. The number of nitrogens with one attached hydrogen (secondary N) is 3. The molecule has 142 heavy (non-hydrogen) atoms. The molecule has 18 N–H and O–H groups in total. The number of halogens is 17. The third-order valence-electron chi connectivity index (χ3n) is 14.5. The summed E-state index contributed by atoms with van der Waals surface area (Å²) in [7, 11) is 14.7. The van der Waals surface area contributed by atoms with E-state index in [2.05, 4.69) is 102 Å². The number of anilines is 4. The molecule has 3 aromatic heterocycles. The fraction of sp³-hybridized carbons (Fsp3) is 0.209. The van der Waals surface area contributed by atoms with E-state index in [1.807, 2.05) is 70.1 Å².